The molecule has 6 nitrogen and oxygen atoms in total. The second-order valence-electron chi connectivity index (χ2n) is 2.64. The smallest absolute Gasteiger partial charge is 0.273 e. The zero-order valence-electron chi connectivity index (χ0n) is 7.52. The number of carbonyl (C=O) groups is 1. The van der Waals surface area contributed by atoms with Gasteiger partial charge in [-0.1, -0.05) is 0 Å². The Kier molecular flexibility index (Phi) is 3.29. The molecule has 0 heterocycles. The van der Waals surface area contributed by atoms with Gasteiger partial charge >= 0.3 is 0 Å². The van der Waals surface area contributed by atoms with Gasteiger partial charge in [-0.2, -0.15) is 0 Å². The van der Waals surface area contributed by atoms with Gasteiger partial charge < -0.3 is 15.9 Å². The molecular formula is C8H9N3O3S. The molecule has 0 spiro atoms. The van der Waals surface area contributed by atoms with Crippen LogP contribution in [0.2, 0.25) is 0 Å². The highest BCUT2D eigenvalue weighted by atomic mass is 32.1. The largest absolute Gasteiger partial charge is 0.508 e. The highest BCUT2D eigenvalue weighted by Gasteiger charge is 2.11. The number of carbonyl (C=O) groups excluding carboxylic acids is 1. The molecule has 0 aliphatic carbocycles. The number of nitrogens with one attached hydrogen (secondary N) is 2. The Morgan fingerprint density at radius 3 is 2.60 bits per heavy atom. The van der Waals surface area contributed by atoms with Crippen molar-refractivity contribution in [2.75, 3.05) is 0 Å². The molecule has 0 saturated heterocycles. The molecule has 0 saturated carbocycles. The molecule has 6 N–H and O–H groups in total. The first-order valence-electron chi connectivity index (χ1n) is 3.88. The molecule has 0 unspecified atom stereocenters. The highest BCUT2D eigenvalue weighted by molar-refractivity contribution is 7.80. The van der Waals surface area contributed by atoms with Crippen molar-refractivity contribution in [3.63, 3.8) is 0 Å². The van der Waals surface area contributed by atoms with Gasteiger partial charge in [0.2, 0.25) is 0 Å². The van der Waals surface area contributed by atoms with Gasteiger partial charge in [0, 0.05) is 0 Å². The first kappa shape index (κ1) is 11.1. The minimum Gasteiger partial charge on any atom is -0.508 e. The van der Waals surface area contributed by atoms with Crippen LogP contribution in [-0.4, -0.2) is 21.2 Å². The number of hydrogen-bond donors (Lipinski definition) is 5. The minimum absolute atomic E-state index is 0.0845. The molecule has 0 aromatic heterocycles. The summed E-state index contributed by atoms with van der Waals surface area (Å²) < 4.78 is 0. The second-order valence-corrected chi connectivity index (χ2v) is 3.08. The van der Waals surface area contributed by atoms with E-state index in [0.717, 1.165) is 6.07 Å². The highest BCUT2D eigenvalue weighted by Crippen LogP contribution is 2.21. The SMILES string of the molecule is NC(=S)NNC(=O)c1cc(O)ccc1O. The second kappa shape index (κ2) is 4.47. The van der Waals surface area contributed by atoms with Crippen molar-refractivity contribution < 1.29 is 15.0 Å². The Bertz CT molecular complexity index is 408. The molecule has 1 aromatic carbocycles. The van der Waals surface area contributed by atoms with Crippen molar-refractivity contribution in [3.05, 3.63) is 23.8 Å². The number of hydrogen-bond acceptors (Lipinski definition) is 4. The summed E-state index contributed by atoms with van der Waals surface area (Å²) >= 11 is 4.46. The molecule has 1 amide bonds. The fraction of sp³-hybridized carbons (Fsp3) is 0. The van der Waals surface area contributed by atoms with Crippen LogP contribution in [0, 0.1) is 0 Å². The molecule has 0 aliphatic heterocycles. The summed E-state index contributed by atoms with van der Waals surface area (Å²) in [7, 11) is 0. The zero-order chi connectivity index (χ0) is 11.4. The maximum atomic E-state index is 11.4. The summed E-state index contributed by atoms with van der Waals surface area (Å²) in [5.74, 6) is -1.04. The van der Waals surface area contributed by atoms with Crippen molar-refractivity contribution in [2.24, 2.45) is 5.73 Å². The van der Waals surface area contributed by atoms with Crippen molar-refractivity contribution in [3.8, 4) is 11.5 Å². The summed E-state index contributed by atoms with van der Waals surface area (Å²) in [5.41, 5.74) is 9.34. The molecule has 7 heteroatoms. The molecule has 0 aliphatic rings. The number of phenols is 2. The normalized spacial score (nSPS) is 9.33. The van der Waals surface area contributed by atoms with E-state index in [1.165, 1.54) is 12.1 Å². The quantitative estimate of drug-likeness (QED) is 0.253. The van der Waals surface area contributed by atoms with Gasteiger partial charge in [-0.15, -0.1) is 0 Å². The lowest BCUT2D eigenvalue weighted by molar-refractivity contribution is 0.0941. The number of phenolic OH excluding ortho intramolecular Hbond substituents is 2. The van der Waals surface area contributed by atoms with E-state index in [9.17, 15) is 9.90 Å². The van der Waals surface area contributed by atoms with E-state index in [-0.39, 0.29) is 22.2 Å². The van der Waals surface area contributed by atoms with Gasteiger partial charge in [-0.3, -0.25) is 15.6 Å². The molecule has 80 valence electrons. The molecule has 1 rings (SSSR count). The Morgan fingerprint density at radius 2 is 2.00 bits per heavy atom. The Hall–Kier alpha value is -2.02. The lowest BCUT2D eigenvalue weighted by Crippen LogP contribution is -2.44. The first-order valence-corrected chi connectivity index (χ1v) is 4.29. The van der Waals surface area contributed by atoms with Crippen molar-refractivity contribution in [1.82, 2.24) is 10.9 Å². The first-order chi connectivity index (χ1) is 7.00. The lowest BCUT2D eigenvalue weighted by Gasteiger charge is -2.07. The van der Waals surface area contributed by atoms with E-state index < -0.39 is 5.91 Å². The van der Waals surface area contributed by atoms with Gasteiger partial charge in [0.1, 0.15) is 11.5 Å². The third kappa shape index (κ3) is 2.99. The number of benzene rings is 1. The van der Waals surface area contributed by atoms with Gasteiger partial charge in [0.25, 0.3) is 5.91 Å². The summed E-state index contributed by atoms with van der Waals surface area (Å²) in [5, 5.41) is 18.3. The molecule has 0 fully saturated rings. The average molecular weight is 227 g/mol. The van der Waals surface area contributed by atoms with Crippen molar-refractivity contribution in [1.29, 1.82) is 0 Å². The standard InChI is InChI=1S/C8H9N3O3S/c9-8(15)11-10-7(14)5-3-4(12)1-2-6(5)13/h1-3,12-13H,(H,10,14)(H3,9,11,15). The molecule has 0 atom stereocenters. The van der Waals surface area contributed by atoms with E-state index in [1.807, 2.05) is 0 Å². The van der Waals surface area contributed by atoms with E-state index in [2.05, 4.69) is 23.1 Å². The number of amides is 1. The van der Waals surface area contributed by atoms with Crippen molar-refractivity contribution >= 4 is 23.2 Å². The van der Waals surface area contributed by atoms with Crippen LogP contribution in [0.15, 0.2) is 18.2 Å². The van der Waals surface area contributed by atoms with E-state index in [4.69, 9.17) is 10.8 Å². The van der Waals surface area contributed by atoms with Gasteiger partial charge in [0.15, 0.2) is 5.11 Å². The zero-order valence-corrected chi connectivity index (χ0v) is 8.34. The maximum absolute atomic E-state index is 11.4. The van der Waals surface area contributed by atoms with Gasteiger partial charge in [-0.05, 0) is 30.4 Å². The number of aromatic hydroxyl groups is 2. The summed E-state index contributed by atoms with van der Waals surface area (Å²) in [6, 6.07) is 3.57. The van der Waals surface area contributed by atoms with Crippen LogP contribution in [0.3, 0.4) is 0 Å². The predicted octanol–water partition coefficient (Wildman–Crippen LogP) is -0.424. The van der Waals surface area contributed by atoms with Crippen LogP contribution in [0.4, 0.5) is 0 Å². The summed E-state index contributed by atoms with van der Waals surface area (Å²) in [4.78, 5) is 11.4. The van der Waals surface area contributed by atoms with Gasteiger partial charge in [-0.25, -0.2) is 0 Å². The molecule has 15 heavy (non-hydrogen) atoms. The van der Waals surface area contributed by atoms with Crippen molar-refractivity contribution in [2.45, 2.75) is 0 Å². The van der Waals surface area contributed by atoms with Crippen LogP contribution < -0.4 is 16.6 Å². The lowest BCUT2D eigenvalue weighted by atomic mass is 10.2. The Labute approximate surface area is 90.7 Å². The third-order valence-corrected chi connectivity index (χ3v) is 1.63. The molecule has 1 aromatic rings. The van der Waals surface area contributed by atoms with Crippen LogP contribution >= 0.6 is 12.2 Å². The Morgan fingerprint density at radius 1 is 1.33 bits per heavy atom. The van der Waals surface area contributed by atoms with E-state index in [1.54, 1.807) is 0 Å². The fourth-order valence-corrected chi connectivity index (χ4v) is 0.943. The monoisotopic (exact) mass is 227 g/mol. The molecule has 0 bridgehead atoms. The van der Waals surface area contributed by atoms with Crippen LogP contribution in [0.25, 0.3) is 0 Å². The van der Waals surface area contributed by atoms with E-state index in [0.29, 0.717) is 0 Å². The minimum atomic E-state index is -0.656. The third-order valence-electron chi connectivity index (χ3n) is 1.52. The van der Waals surface area contributed by atoms with Gasteiger partial charge in [0.05, 0.1) is 5.56 Å². The number of hydrazine groups is 1. The van der Waals surface area contributed by atoms with Crippen LogP contribution in [-0.2, 0) is 0 Å². The van der Waals surface area contributed by atoms with Crippen LogP contribution in [0.1, 0.15) is 10.4 Å². The molecular weight excluding hydrogens is 218 g/mol. The van der Waals surface area contributed by atoms with Crippen LogP contribution in [0.5, 0.6) is 11.5 Å². The Balaban J connectivity index is 2.81. The fourth-order valence-electron chi connectivity index (χ4n) is 0.892. The van der Waals surface area contributed by atoms with E-state index >= 15 is 0 Å². The maximum Gasteiger partial charge on any atom is 0.273 e. The average Bonchev–Trinajstić information content (AvgIpc) is 2.18. The number of rotatable bonds is 1. The number of thiocarbonyl (C=S) groups is 1. The summed E-state index contributed by atoms with van der Waals surface area (Å²) in [6.07, 6.45) is 0. The molecule has 0 radical (unpaired) electrons. The predicted molar refractivity (Wildman–Crippen MR) is 57.2 cm³/mol. The summed E-state index contributed by atoms with van der Waals surface area (Å²) in [6.45, 7) is 0. The number of nitrogens with two attached hydrogens (primary N) is 1. The topological polar surface area (TPSA) is 108 Å².